The smallest absolute Gasteiger partial charge is 0.407 e. The number of piperidine rings is 1. The molecule has 1 heterocycles. The van der Waals surface area contributed by atoms with Crippen LogP contribution in [-0.2, 0) is 14.3 Å². The van der Waals surface area contributed by atoms with Gasteiger partial charge in [-0.25, -0.2) is 9.59 Å². The van der Waals surface area contributed by atoms with Crippen LogP contribution in [0, 0.1) is 11.8 Å². The normalized spacial score (nSPS) is 21.2. The third kappa shape index (κ3) is 4.65. The summed E-state index contributed by atoms with van der Waals surface area (Å²) in [7, 11) is 0. The number of likely N-dealkylation sites (tertiary alicyclic amines) is 1. The highest BCUT2D eigenvalue weighted by atomic mass is 16.5. The van der Waals surface area contributed by atoms with Gasteiger partial charge in [-0.1, -0.05) is 62.4 Å². The Morgan fingerprint density at radius 3 is 2.24 bits per heavy atom. The van der Waals surface area contributed by atoms with Gasteiger partial charge < -0.3 is 20.1 Å². The molecule has 0 saturated carbocycles. The van der Waals surface area contributed by atoms with Crippen molar-refractivity contribution in [3.05, 3.63) is 59.7 Å². The van der Waals surface area contributed by atoms with Crippen LogP contribution < -0.4 is 5.32 Å². The first-order valence-electron chi connectivity index (χ1n) is 11.9. The van der Waals surface area contributed by atoms with Crippen LogP contribution in [0.2, 0.25) is 0 Å². The number of rotatable bonds is 6. The molecule has 7 heteroatoms. The number of alkyl carbamates (subject to hydrolysis) is 1. The SMILES string of the molecule is CC1CCN(C(=O)C(C)C(C)NC(=O)OCC2c3ccccc3-c3ccccc32)C(C(=O)O)C1. The van der Waals surface area contributed by atoms with E-state index in [-0.39, 0.29) is 24.3 Å². The molecule has 2 aromatic rings. The molecule has 4 rings (SSSR count). The summed E-state index contributed by atoms with van der Waals surface area (Å²) in [4.78, 5) is 38.8. The summed E-state index contributed by atoms with van der Waals surface area (Å²) in [6, 6.07) is 14.9. The van der Waals surface area contributed by atoms with E-state index in [0.717, 1.165) is 28.7 Å². The monoisotopic (exact) mass is 464 g/mol. The lowest BCUT2D eigenvalue weighted by Gasteiger charge is -2.38. The second kappa shape index (κ2) is 9.87. The van der Waals surface area contributed by atoms with Crippen molar-refractivity contribution in [2.75, 3.05) is 13.2 Å². The minimum absolute atomic E-state index is 0.0424. The molecule has 2 amide bonds. The van der Waals surface area contributed by atoms with Crippen LogP contribution in [0.3, 0.4) is 0 Å². The highest BCUT2D eigenvalue weighted by Gasteiger charge is 2.38. The van der Waals surface area contributed by atoms with E-state index in [1.54, 1.807) is 13.8 Å². The molecule has 0 aromatic heterocycles. The van der Waals surface area contributed by atoms with Gasteiger partial charge in [-0.2, -0.15) is 0 Å². The fourth-order valence-corrected chi connectivity index (χ4v) is 5.07. The van der Waals surface area contributed by atoms with Crippen LogP contribution in [0.1, 0.15) is 50.7 Å². The molecule has 4 atom stereocenters. The Balaban J connectivity index is 1.36. The molecule has 2 aliphatic rings. The lowest BCUT2D eigenvalue weighted by molar-refractivity contribution is -0.155. The number of benzene rings is 2. The van der Waals surface area contributed by atoms with E-state index in [1.165, 1.54) is 4.90 Å². The fraction of sp³-hybridized carbons (Fsp3) is 0.444. The number of hydrogen-bond acceptors (Lipinski definition) is 4. The maximum Gasteiger partial charge on any atom is 0.407 e. The highest BCUT2D eigenvalue weighted by Crippen LogP contribution is 2.44. The molecule has 0 radical (unpaired) electrons. The third-order valence-corrected chi connectivity index (χ3v) is 7.26. The minimum atomic E-state index is -0.982. The van der Waals surface area contributed by atoms with E-state index in [9.17, 15) is 19.5 Å². The summed E-state index contributed by atoms with van der Waals surface area (Å²) < 4.78 is 5.59. The molecule has 7 nitrogen and oxygen atoms in total. The Morgan fingerprint density at radius 1 is 1.06 bits per heavy atom. The summed E-state index contributed by atoms with van der Waals surface area (Å²) >= 11 is 0. The van der Waals surface area contributed by atoms with Crippen molar-refractivity contribution in [2.45, 2.75) is 51.6 Å². The van der Waals surface area contributed by atoms with Gasteiger partial charge in [-0.05, 0) is 47.9 Å². The molecular formula is C27H32N2O5. The highest BCUT2D eigenvalue weighted by molar-refractivity contribution is 5.86. The molecule has 0 bridgehead atoms. The predicted octanol–water partition coefficient (Wildman–Crippen LogP) is 4.26. The molecule has 1 fully saturated rings. The third-order valence-electron chi connectivity index (χ3n) is 7.26. The molecule has 4 unspecified atom stereocenters. The molecule has 34 heavy (non-hydrogen) atoms. The maximum absolute atomic E-state index is 13.1. The van der Waals surface area contributed by atoms with Gasteiger partial charge in [0.15, 0.2) is 0 Å². The lowest BCUT2D eigenvalue weighted by atomic mass is 9.90. The zero-order chi connectivity index (χ0) is 24.4. The number of fused-ring (bicyclic) bond motifs is 3. The number of ether oxygens (including phenoxy) is 1. The van der Waals surface area contributed by atoms with E-state index < -0.39 is 30.1 Å². The van der Waals surface area contributed by atoms with E-state index >= 15 is 0 Å². The standard InChI is InChI=1S/C27H32N2O5/c1-16-12-13-29(24(14-16)26(31)32)25(30)17(2)18(3)28-27(33)34-15-23-21-10-6-4-8-19(21)20-9-5-7-11-22(20)23/h4-11,16-18,23-24H,12-15H2,1-3H3,(H,28,33)(H,31,32). The number of carbonyl (C=O) groups is 3. The van der Waals surface area contributed by atoms with Gasteiger partial charge in [0, 0.05) is 18.5 Å². The van der Waals surface area contributed by atoms with Crippen molar-refractivity contribution >= 4 is 18.0 Å². The van der Waals surface area contributed by atoms with E-state index in [2.05, 4.69) is 29.6 Å². The van der Waals surface area contributed by atoms with Gasteiger partial charge in [-0.3, -0.25) is 4.79 Å². The number of carboxylic acid groups (broad SMARTS) is 1. The Hall–Kier alpha value is -3.35. The second-order valence-corrected chi connectivity index (χ2v) is 9.56. The number of carbonyl (C=O) groups excluding carboxylic acids is 2. The molecule has 2 N–H and O–H groups in total. The summed E-state index contributed by atoms with van der Waals surface area (Å²) in [5, 5.41) is 12.3. The summed E-state index contributed by atoms with van der Waals surface area (Å²) in [5.74, 6) is -1.60. The topological polar surface area (TPSA) is 95.9 Å². The van der Waals surface area contributed by atoms with Crippen LogP contribution in [0.15, 0.2) is 48.5 Å². The van der Waals surface area contributed by atoms with Crippen LogP contribution in [-0.4, -0.2) is 53.2 Å². The van der Waals surface area contributed by atoms with Gasteiger partial charge in [-0.15, -0.1) is 0 Å². The molecule has 1 aliphatic heterocycles. The van der Waals surface area contributed by atoms with Gasteiger partial charge in [0.2, 0.25) is 5.91 Å². The maximum atomic E-state index is 13.1. The lowest BCUT2D eigenvalue weighted by Crippen LogP contribution is -2.54. The molecule has 0 spiro atoms. The predicted molar refractivity (Wildman–Crippen MR) is 128 cm³/mol. The number of nitrogens with zero attached hydrogens (tertiary/aromatic N) is 1. The van der Waals surface area contributed by atoms with Crippen molar-refractivity contribution in [3.8, 4) is 11.1 Å². The Bertz CT molecular complexity index is 1040. The van der Waals surface area contributed by atoms with E-state index in [4.69, 9.17) is 4.74 Å². The Labute approximate surface area is 200 Å². The first kappa shape index (κ1) is 23.8. The molecule has 1 aliphatic carbocycles. The Morgan fingerprint density at radius 2 is 1.65 bits per heavy atom. The Kier molecular flexibility index (Phi) is 6.91. The fourth-order valence-electron chi connectivity index (χ4n) is 5.07. The van der Waals surface area contributed by atoms with Gasteiger partial charge in [0.25, 0.3) is 0 Å². The second-order valence-electron chi connectivity index (χ2n) is 9.56. The summed E-state index contributed by atoms with van der Waals surface area (Å²) in [5.41, 5.74) is 4.58. The number of carboxylic acids is 1. The minimum Gasteiger partial charge on any atom is -0.480 e. The van der Waals surface area contributed by atoms with Crippen molar-refractivity contribution < 1.29 is 24.2 Å². The average molecular weight is 465 g/mol. The van der Waals surface area contributed by atoms with Crippen molar-refractivity contribution in [1.29, 1.82) is 0 Å². The zero-order valence-corrected chi connectivity index (χ0v) is 19.9. The summed E-state index contributed by atoms with van der Waals surface area (Å²) in [6.45, 7) is 6.07. The molecule has 2 aromatic carbocycles. The average Bonchev–Trinajstić information content (AvgIpc) is 3.15. The van der Waals surface area contributed by atoms with Crippen molar-refractivity contribution in [1.82, 2.24) is 10.2 Å². The quantitative estimate of drug-likeness (QED) is 0.666. The molecule has 1 saturated heterocycles. The van der Waals surface area contributed by atoms with Crippen molar-refractivity contribution in [3.63, 3.8) is 0 Å². The zero-order valence-electron chi connectivity index (χ0n) is 19.9. The first-order chi connectivity index (χ1) is 16.3. The van der Waals surface area contributed by atoms with Gasteiger partial charge in [0.1, 0.15) is 12.6 Å². The number of nitrogens with one attached hydrogen (secondary N) is 1. The van der Waals surface area contributed by atoms with Crippen LogP contribution in [0.5, 0.6) is 0 Å². The van der Waals surface area contributed by atoms with Gasteiger partial charge in [0.05, 0.1) is 5.92 Å². The van der Waals surface area contributed by atoms with E-state index in [0.29, 0.717) is 13.0 Å². The number of hydrogen-bond donors (Lipinski definition) is 2. The first-order valence-corrected chi connectivity index (χ1v) is 11.9. The van der Waals surface area contributed by atoms with Crippen LogP contribution in [0.25, 0.3) is 11.1 Å². The molecule has 180 valence electrons. The molecular weight excluding hydrogens is 432 g/mol. The van der Waals surface area contributed by atoms with Crippen molar-refractivity contribution in [2.24, 2.45) is 11.8 Å². The van der Waals surface area contributed by atoms with Gasteiger partial charge >= 0.3 is 12.1 Å². The van der Waals surface area contributed by atoms with E-state index in [1.807, 2.05) is 31.2 Å². The van der Waals surface area contributed by atoms with Crippen LogP contribution in [0.4, 0.5) is 4.79 Å². The van der Waals surface area contributed by atoms with Crippen LogP contribution >= 0.6 is 0 Å². The number of aliphatic carboxylic acids is 1. The largest absolute Gasteiger partial charge is 0.480 e. The number of amides is 2. The summed E-state index contributed by atoms with van der Waals surface area (Å²) in [6.07, 6.45) is 0.634.